The molecule has 3 rings (SSSR count). The van der Waals surface area contributed by atoms with Gasteiger partial charge in [-0.3, -0.25) is 4.79 Å². The molecule has 0 saturated carbocycles. The van der Waals surface area contributed by atoms with E-state index in [9.17, 15) is 9.59 Å². The van der Waals surface area contributed by atoms with Gasteiger partial charge in [-0.2, -0.15) is 0 Å². The molecule has 20 heavy (non-hydrogen) atoms. The molecular weight excluding hydrogens is 274 g/mol. The van der Waals surface area contributed by atoms with E-state index in [2.05, 4.69) is 19.1 Å². The van der Waals surface area contributed by atoms with Crippen molar-refractivity contribution in [3.63, 3.8) is 0 Å². The van der Waals surface area contributed by atoms with Gasteiger partial charge in [-0.05, 0) is 38.5 Å². The van der Waals surface area contributed by atoms with Crippen molar-refractivity contribution in [3.8, 4) is 0 Å². The van der Waals surface area contributed by atoms with Crippen LogP contribution in [-0.2, 0) is 14.3 Å². The van der Waals surface area contributed by atoms with Crippen LogP contribution in [0.1, 0.15) is 39.0 Å². The van der Waals surface area contributed by atoms with Gasteiger partial charge >= 0.3 is 5.97 Å². The molecule has 2 heterocycles. The van der Waals surface area contributed by atoms with Crippen molar-refractivity contribution in [2.45, 2.75) is 49.9 Å². The Morgan fingerprint density at radius 3 is 3.15 bits per heavy atom. The Labute approximate surface area is 123 Å². The molecule has 4 nitrogen and oxygen atoms in total. The van der Waals surface area contributed by atoms with Crippen molar-refractivity contribution in [1.82, 2.24) is 4.90 Å². The average Bonchev–Trinajstić information content (AvgIpc) is 2.95. The van der Waals surface area contributed by atoms with Gasteiger partial charge in [0, 0.05) is 12.2 Å². The summed E-state index contributed by atoms with van der Waals surface area (Å²) in [6, 6.07) is -0.376. The minimum Gasteiger partial charge on any atom is -0.464 e. The van der Waals surface area contributed by atoms with Gasteiger partial charge in [0.2, 0.25) is 5.91 Å². The van der Waals surface area contributed by atoms with Crippen LogP contribution in [-0.4, -0.2) is 40.0 Å². The molecule has 0 aromatic heterocycles. The fourth-order valence-corrected chi connectivity index (χ4v) is 4.72. The molecule has 0 spiro atoms. The molecule has 2 aliphatic heterocycles. The number of hydrogen-bond donors (Lipinski definition) is 0. The summed E-state index contributed by atoms with van der Waals surface area (Å²) < 4.78 is 5.49. The minimum atomic E-state index is -0.376. The number of ether oxygens (including phenoxy) is 1. The Balaban J connectivity index is 1.57. The first-order valence-electron chi connectivity index (χ1n) is 7.38. The molecule has 0 radical (unpaired) electrons. The molecule has 5 heteroatoms. The predicted molar refractivity (Wildman–Crippen MR) is 78.2 cm³/mol. The molecule has 2 saturated heterocycles. The van der Waals surface area contributed by atoms with E-state index in [4.69, 9.17) is 4.74 Å². The quantitative estimate of drug-likeness (QED) is 0.592. The molecule has 1 amide bonds. The number of amides is 1. The number of hydrogen-bond acceptors (Lipinski definition) is 4. The first-order valence-corrected chi connectivity index (χ1v) is 8.36. The summed E-state index contributed by atoms with van der Waals surface area (Å²) in [5, 5.41) is 0. The summed E-state index contributed by atoms with van der Waals surface area (Å²) >= 11 is 1.71. The Bertz CT molecular complexity index is 450. The van der Waals surface area contributed by atoms with Crippen LogP contribution in [0.3, 0.4) is 0 Å². The van der Waals surface area contributed by atoms with Crippen LogP contribution in [0, 0.1) is 5.92 Å². The van der Waals surface area contributed by atoms with Gasteiger partial charge in [-0.15, -0.1) is 11.8 Å². The highest BCUT2D eigenvalue weighted by atomic mass is 32.2. The molecule has 0 bridgehead atoms. The molecule has 0 aromatic carbocycles. The number of esters is 1. The fourth-order valence-electron chi connectivity index (χ4n) is 3.30. The lowest BCUT2D eigenvalue weighted by Crippen LogP contribution is -2.46. The topological polar surface area (TPSA) is 46.6 Å². The second-order valence-corrected chi connectivity index (χ2v) is 7.55. The second kappa shape index (κ2) is 5.43. The van der Waals surface area contributed by atoms with Crippen LogP contribution in [0.2, 0.25) is 0 Å². The Hall–Kier alpha value is -0.970. The zero-order valence-corrected chi connectivity index (χ0v) is 12.7. The summed E-state index contributed by atoms with van der Waals surface area (Å²) in [5.74, 6) is 0.996. The standard InChI is InChI=1S/C15H21NO3S/c1-15-8-7-13(17)16(15)12(10-20-15)14(18)19-9-11-5-3-2-4-6-11/h2-3,11-12H,4-10H2,1H3. The van der Waals surface area contributed by atoms with Crippen LogP contribution in [0.4, 0.5) is 0 Å². The summed E-state index contributed by atoms with van der Waals surface area (Å²) in [7, 11) is 0. The predicted octanol–water partition coefficient (Wildman–Crippen LogP) is 2.34. The van der Waals surface area contributed by atoms with Crippen molar-refractivity contribution >= 4 is 23.6 Å². The third kappa shape index (κ3) is 2.48. The monoisotopic (exact) mass is 295 g/mol. The van der Waals surface area contributed by atoms with Crippen molar-refractivity contribution in [1.29, 1.82) is 0 Å². The van der Waals surface area contributed by atoms with Gasteiger partial charge in [0.25, 0.3) is 0 Å². The number of allylic oxidation sites excluding steroid dienone is 2. The van der Waals surface area contributed by atoms with Crippen molar-refractivity contribution in [2.75, 3.05) is 12.4 Å². The largest absolute Gasteiger partial charge is 0.464 e. The Morgan fingerprint density at radius 1 is 1.55 bits per heavy atom. The fraction of sp³-hybridized carbons (Fsp3) is 0.733. The van der Waals surface area contributed by atoms with Gasteiger partial charge < -0.3 is 9.64 Å². The first-order chi connectivity index (χ1) is 9.60. The normalized spacial score (nSPS) is 36.2. The molecule has 1 aliphatic carbocycles. The highest BCUT2D eigenvalue weighted by Gasteiger charge is 2.53. The van der Waals surface area contributed by atoms with E-state index in [1.165, 1.54) is 0 Å². The van der Waals surface area contributed by atoms with Crippen LogP contribution >= 0.6 is 11.8 Å². The lowest BCUT2D eigenvalue weighted by Gasteiger charge is -2.29. The zero-order valence-electron chi connectivity index (χ0n) is 11.8. The molecule has 0 aromatic rings. The van der Waals surface area contributed by atoms with E-state index in [1.54, 1.807) is 16.7 Å². The maximum Gasteiger partial charge on any atom is 0.329 e. The molecule has 3 atom stereocenters. The smallest absolute Gasteiger partial charge is 0.329 e. The molecular formula is C15H21NO3S. The van der Waals surface area contributed by atoms with Gasteiger partial charge in [0.15, 0.2) is 0 Å². The summed E-state index contributed by atoms with van der Waals surface area (Å²) in [5.41, 5.74) is 0. The van der Waals surface area contributed by atoms with E-state index < -0.39 is 0 Å². The third-order valence-electron chi connectivity index (χ3n) is 4.56. The highest BCUT2D eigenvalue weighted by Crippen LogP contribution is 2.47. The number of fused-ring (bicyclic) bond motifs is 1. The lowest BCUT2D eigenvalue weighted by molar-refractivity contribution is -0.154. The number of carbonyl (C=O) groups is 2. The van der Waals surface area contributed by atoms with Gasteiger partial charge in [0.1, 0.15) is 6.04 Å². The number of thioether (sulfide) groups is 1. The SMILES string of the molecule is CC12CCC(=O)N1C(C(=O)OCC1CC=CCC1)CS2. The first kappa shape index (κ1) is 14.0. The second-order valence-electron chi connectivity index (χ2n) is 6.05. The van der Waals surface area contributed by atoms with E-state index >= 15 is 0 Å². The Kier molecular flexibility index (Phi) is 3.80. The van der Waals surface area contributed by atoms with Crippen LogP contribution in [0.5, 0.6) is 0 Å². The van der Waals surface area contributed by atoms with Crippen molar-refractivity contribution < 1.29 is 14.3 Å². The van der Waals surface area contributed by atoms with Gasteiger partial charge in [-0.25, -0.2) is 4.79 Å². The number of rotatable bonds is 3. The Morgan fingerprint density at radius 2 is 2.40 bits per heavy atom. The van der Waals surface area contributed by atoms with Crippen molar-refractivity contribution in [2.24, 2.45) is 5.92 Å². The van der Waals surface area contributed by atoms with E-state index in [-0.39, 0.29) is 22.8 Å². The maximum atomic E-state index is 12.3. The van der Waals surface area contributed by atoms with E-state index in [1.807, 2.05) is 0 Å². The molecule has 3 aliphatic rings. The van der Waals surface area contributed by atoms with Gasteiger partial charge in [-0.1, -0.05) is 12.2 Å². The maximum absolute atomic E-state index is 12.3. The van der Waals surface area contributed by atoms with Crippen LogP contribution < -0.4 is 0 Å². The van der Waals surface area contributed by atoms with Crippen LogP contribution in [0.25, 0.3) is 0 Å². The van der Waals surface area contributed by atoms with Gasteiger partial charge in [0.05, 0.1) is 11.5 Å². The molecule has 110 valence electrons. The van der Waals surface area contributed by atoms with E-state index in [0.717, 1.165) is 25.7 Å². The lowest BCUT2D eigenvalue weighted by atomic mass is 9.95. The highest BCUT2D eigenvalue weighted by molar-refractivity contribution is 8.01. The average molecular weight is 295 g/mol. The van der Waals surface area contributed by atoms with Crippen molar-refractivity contribution in [3.05, 3.63) is 12.2 Å². The number of carbonyl (C=O) groups excluding carboxylic acids is 2. The minimum absolute atomic E-state index is 0.0973. The molecule has 0 N–H and O–H groups in total. The van der Waals surface area contributed by atoms with E-state index in [0.29, 0.717) is 24.7 Å². The van der Waals surface area contributed by atoms with Crippen LogP contribution in [0.15, 0.2) is 12.2 Å². The number of nitrogens with zero attached hydrogens (tertiary/aromatic N) is 1. The summed E-state index contributed by atoms with van der Waals surface area (Å²) in [6.07, 6.45) is 8.89. The summed E-state index contributed by atoms with van der Waals surface area (Å²) in [4.78, 5) is 25.8. The summed E-state index contributed by atoms with van der Waals surface area (Å²) in [6.45, 7) is 2.55. The molecule has 2 fully saturated rings. The zero-order chi connectivity index (χ0) is 14.2. The molecule has 3 unspecified atom stereocenters. The third-order valence-corrected chi connectivity index (χ3v) is 6.06.